The van der Waals surface area contributed by atoms with Gasteiger partial charge in [-0.3, -0.25) is 14.2 Å². The first-order valence-corrected chi connectivity index (χ1v) is 17.7. The molecule has 19 heteroatoms. The van der Waals surface area contributed by atoms with Crippen molar-refractivity contribution in [3.63, 3.8) is 0 Å². The molecule has 0 saturated carbocycles. The largest absolute Gasteiger partial charge is 0.487 e. The Kier molecular flexibility index (Phi) is 8.94. The topological polar surface area (TPSA) is 163 Å². The molecule has 6 aliphatic heterocycles. The molecule has 8 rings (SSSR count). The highest BCUT2D eigenvalue weighted by molar-refractivity contribution is 7.56. The highest BCUT2D eigenvalue weighted by Gasteiger charge is 2.33. The molecule has 8 unspecified atom stereocenters. The number of epoxide rings is 6. The number of benzene rings is 1. The minimum absolute atomic E-state index is 0.00656. The van der Waals surface area contributed by atoms with Gasteiger partial charge in [0.25, 0.3) is 8.08 Å². The standard InChI is InChI=1S/C25H34N3O13P3/c1-15-22(2-23(35-9-16-3-29-16)25(37-11-18-5-31-18)24(15)36-10-17-4-30-17)41-43-26-42-27(38-12-19-6-32-19)44(40-14-21-8-34-21)28(43)39-13-20-7-33-20/h2,16-21H,3-14H2,1H3. The monoisotopic (exact) mass is 677 g/mol. The average Bonchev–Trinajstić information content (AvgIpc) is 3.81. The lowest BCUT2D eigenvalue weighted by Crippen LogP contribution is -2.24. The van der Waals surface area contributed by atoms with E-state index in [0.717, 1.165) is 5.56 Å². The molecule has 16 nitrogen and oxygen atoms in total. The summed E-state index contributed by atoms with van der Waals surface area (Å²) in [5.41, 5.74) is 0.730. The summed E-state index contributed by atoms with van der Waals surface area (Å²) >= 11 is 0. The molecule has 7 heterocycles. The third kappa shape index (κ3) is 8.19. The Morgan fingerprint density at radius 1 is 0.705 bits per heavy atom. The summed E-state index contributed by atoms with van der Waals surface area (Å²) in [5, 5.41) is 0. The van der Waals surface area contributed by atoms with Crippen LogP contribution in [0.4, 0.5) is 0 Å². The van der Waals surface area contributed by atoms with Crippen molar-refractivity contribution in [1.29, 1.82) is 0 Å². The van der Waals surface area contributed by atoms with Crippen molar-refractivity contribution in [1.82, 2.24) is 13.0 Å². The van der Waals surface area contributed by atoms with Crippen LogP contribution in [-0.4, -0.2) is 129 Å². The van der Waals surface area contributed by atoms with Gasteiger partial charge in [-0.2, -0.15) is 0 Å². The summed E-state index contributed by atoms with van der Waals surface area (Å²) < 4.78 is 72.1. The highest BCUT2D eigenvalue weighted by atomic mass is 31.2. The van der Waals surface area contributed by atoms with Crippen molar-refractivity contribution in [2.45, 2.75) is 43.5 Å². The first-order valence-electron chi connectivity index (χ1n) is 14.6. The molecule has 0 amide bonds. The smallest absolute Gasteiger partial charge is 0.294 e. The summed E-state index contributed by atoms with van der Waals surface area (Å²) in [6.07, 6.45) is 0.244. The molecule has 44 heavy (non-hydrogen) atoms. The Morgan fingerprint density at radius 3 is 1.84 bits per heavy atom. The number of nitrogens with zero attached hydrogens (tertiary/aromatic N) is 3. The zero-order valence-electron chi connectivity index (χ0n) is 24.0. The summed E-state index contributed by atoms with van der Waals surface area (Å²) in [6, 6.07) is 1.81. The van der Waals surface area contributed by atoms with Gasteiger partial charge in [0, 0.05) is 11.6 Å². The Labute approximate surface area is 256 Å². The number of ether oxygens (including phenoxy) is 9. The molecule has 0 radical (unpaired) electrons. The summed E-state index contributed by atoms with van der Waals surface area (Å²) in [5.74, 6) is 2.01. The van der Waals surface area contributed by atoms with Crippen molar-refractivity contribution < 1.29 is 61.4 Å². The number of hydrogen-bond acceptors (Lipinski definition) is 14. The molecular weight excluding hydrogens is 643 g/mol. The van der Waals surface area contributed by atoms with E-state index >= 15 is 0 Å². The van der Waals surface area contributed by atoms with E-state index in [0.29, 0.717) is 111 Å². The first kappa shape index (κ1) is 29.7. The lowest BCUT2D eigenvalue weighted by molar-refractivity contribution is 0.105. The predicted octanol–water partition coefficient (Wildman–Crippen LogP) is 1.33. The minimum Gasteiger partial charge on any atom is -0.487 e. The van der Waals surface area contributed by atoms with Gasteiger partial charge >= 0.3 is 0 Å². The quantitative estimate of drug-likeness (QED) is 0.185. The number of aromatic nitrogens is 3. The lowest BCUT2D eigenvalue weighted by atomic mass is 10.1. The fraction of sp³-hybridized carbons (Fsp3) is 0.760. The van der Waals surface area contributed by atoms with Crippen LogP contribution in [0.3, 0.4) is 0 Å². The van der Waals surface area contributed by atoms with E-state index in [9.17, 15) is 0 Å². The molecule has 1 aromatic heterocycles. The van der Waals surface area contributed by atoms with Crippen molar-refractivity contribution in [3.8, 4) is 23.0 Å². The van der Waals surface area contributed by atoms with Gasteiger partial charge in [-0.05, 0) is 6.92 Å². The van der Waals surface area contributed by atoms with Gasteiger partial charge in [0.15, 0.2) is 20.0 Å². The van der Waals surface area contributed by atoms with Crippen LogP contribution in [0.5, 0.6) is 23.0 Å². The van der Waals surface area contributed by atoms with E-state index in [2.05, 4.69) is 0 Å². The second-order valence-corrected chi connectivity index (χ2v) is 15.4. The predicted molar refractivity (Wildman–Crippen MR) is 152 cm³/mol. The van der Waals surface area contributed by atoms with Crippen molar-refractivity contribution in [2.24, 2.45) is 0 Å². The molecule has 6 fully saturated rings. The van der Waals surface area contributed by atoms with Crippen LogP contribution in [0.25, 0.3) is 0 Å². The van der Waals surface area contributed by atoms with Crippen molar-refractivity contribution in [2.75, 3.05) is 79.3 Å². The fourth-order valence-corrected chi connectivity index (χ4v) is 8.98. The van der Waals surface area contributed by atoms with E-state index in [4.69, 9.17) is 65.9 Å². The lowest BCUT2D eigenvalue weighted by Gasteiger charge is -2.22. The number of rotatable bonds is 20. The summed E-state index contributed by atoms with van der Waals surface area (Å²) in [6.45, 7) is 8.11. The van der Waals surface area contributed by atoms with E-state index in [-0.39, 0.29) is 36.6 Å². The molecule has 242 valence electrons. The Balaban J connectivity index is 1.13. The molecule has 8 atom stereocenters. The second kappa shape index (κ2) is 13.2. The maximum Gasteiger partial charge on any atom is 0.294 e. The SMILES string of the molecule is Cc1c(Op2npn(OCC3CO3)p(OCC3CO3)n2OCC2CO2)cc(OCC2CO2)c(OCC2CO2)c1OCC1CO1. The van der Waals surface area contributed by atoms with Gasteiger partial charge in [0.1, 0.15) is 75.4 Å². The minimum atomic E-state index is -1.72. The molecule has 6 saturated heterocycles. The summed E-state index contributed by atoms with van der Waals surface area (Å²) in [4.78, 5) is 12.3. The molecular formula is C25H34N3O13P3. The van der Waals surface area contributed by atoms with Crippen LogP contribution in [-0.2, 0) is 28.4 Å². The molecule has 6 aliphatic rings. The van der Waals surface area contributed by atoms with Crippen molar-refractivity contribution in [3.05, 3.63) is 11.6 Å². The molecule has 0 spiro atoms. The van der Waals surface area contributed by atoms with Gasteiger partial charge in [-0.15, -0.1) is 13.0 Å². The van der Waals surface area contributed by atoms with Gasteiger partial charge in [0.2, 0.25) is 13.8 Å². The van der Waals surface area contributed by atoms with Gasteiger partial charge in [-0.1, -0.05) is 0 Å². The van der Waals surface area contributed by atoms with Gasteiger partial charge in [-0.25, -0.2) is 0 Å². The maximum atomic E-state index is 6.66. The molecule has 0 N–H and O–H groups in total. The Hall–Kier alpha value is -1.64. The third-order valence-corrected chi connectivity index (χ3v) is 11.8. The van der Waals surface area contributed by atoms with Crippen LogP contribution in [0.1, 0.15) is 5.56 Å². The van der Waals surface area contributed by atoms with Crippen LogP contribution >= 0.6 is 24.7 Å². The highest BCUT2D eigenvalue weighted by Crippen LogP contribution is 2.49. The molecule has 1 aromatic carbocycles. The average molecular weight is 677 g/mol. The zero-order valence-corrected chi connectivity index (χ0v) is 26.7. The third-order valence-electron chi connectivity index (χ3n) is 7.01. The normalized spacial score (nSPS) is 29.8. The maximum absolute atomic E-state index is 6.66. The molecule has 0 bridgehead atoms. The van der Waals surface area contributed by atoms with Crippen LogP contribution in [0.15, 0.2) is 6.07 Å². The summed E-state index contributed by atoms with van der Waals surface area (Å²) in [7, 11) is -2.78. The Morgan fingerprint density at radius 2 is 1.23 bits per heavy atom. The van der Waals surface area contributed by atoms with E-state index in [1.807, 2.05) is 13.0 Å². The first-order chi connectivity index (χ1) is 21.7. The van der Waals surface area contributed by atoms with Crippen molar-refractivity contribution >= 4 is 24.7 Å². The van der Waals surface area contributed by atoms with Gasteiger partial charge in [0.05, 0.1) is 46.2 Å². The molecule has 2 aromatic rings. The van der Waals surface area contributed by atoms with E-state index in [1.54, 1.807) is 8.51 Å². The fourth-order valence-electron chi connectivity index (χ4n) is 3.85. The van der Waals surface area contributed by atoms with E-state index < -0.39 is 16.2 Å². The molecule has 0 aliphatic carbocycles. The second-order valence-electron chi connectivity index (χ2n) is 11.0. The van der Waals surface area contributed by atoms with Crippen LogP contribution in [0, 0.1) is 6.92 Å². The van der Waals surface area contributed by atoms with Crippen LogP contribution < -0.4 is 32.9 Å². The Bertz CT molecular complexity index is 1350. The zero-order chi connectivity index (χ0) is 29.5. The van der Waals surface area contributed by atoms with Gasteiger partial charge < -0.3 is 47.2 Å². The van der Waals surface area contributed by atoms with Crippen LogP contribution in [0.2, 0.25) is 0 Å². The number of hydrogen-bond donors (Lipinski definition) is 0. The van der Waals surface area contributed by atoms with E-state index in [1.165, 1.54) is 0 Å².